The highest BCUT2D eigenvalue weighted by Gasteiger charge is 2.51. The minimum absolute atomic E-state index is 0.123. The molecule has 1 aromatic carbocycles. The van der Waals surface area contributed by atoms with Crippen molar-refractivity contribution >= 4 is 28.0 Å². The van der Waals surface area contributed by atoms with E-state index >= 15 is 0 Å². The summed E-state index contributed by atoms with van der Waals surface area (Å²) >= 11 is -1.57. The molecule has 5 nitrogen and oxygen atoms in total. The highest BCUT2D eigenvalue weighted by atomic mass is 32.2. The molecule has 160 valence electrons. The van der Waals surface area contributed by atoms with Crippen molar-refractivity contribution in [3.05, 3.63) is 39.4 Å². The van der Waals surface area contributed by atoms with E-state index in [9.17, 15) is 22.5 Å². The Kier molecular flexibility index (Phi) is 6.00. The fourth-order valence-electron chi connectivity index (χ4n) is 2.79. The van der Waals surface area contributed by atoms with Crippen LogP contribution in [0, 0.1) is 6.92 Å². The molecule has 0 amide bonds. The number of alkyl halides is 3. The minimum Gasteiger partial charge on any atom is -0.591 e. The highest BCUT2D eigenvalue weighted by molar-refractivity contribution is 7.91. The van der Waals surface area contributed by atoms with Crippen molar-refractivity contribution < 1.29 is 17.7 Å². The monoisotopic (exact) mass is 429 g/mol. The Labute approximate surface area is 171 Å². The quantitative estimate of drug-likeness (QED) is 0.538. The maximum absolute atomic E-state index is 13.6. The first-order valence-electron chi connectivity index (χ1n) is 9.04. The maximum atomic E-state index is 13.6. The van der Waals surface area contributed by atoms with Gasteiger partial charge in [-0.05, 0) is 66.2 Å². The van der Waals surface area contributed by atoms with Gasteiger partial charge < -0.3 is 4.55 Å². The van der Waals surface area contributed by atoms with Crippen LogP contribution in [0.2, 0.25) is 0 Å². The van der Waals surface area contributed by atoms with Gasteiger partial charge in [0.1, 0.15) is 27.3 Å². The van der Waals surface area contributed by atoms with Crippen LogP contribution >= 0.6 is 0 Å². The van der Waals surface area contributed by atoms with Crippen LogP contribution in [-0.4, -0.2) is 30.7 Å². The summed E-state index contributed by atoms with van der Waals surface area (Å²) in [6.45, 7) is 10.7. The topological polar surface area (TPSA) is 70.3 Å². The Morgan fingerprint density at radius 3 is 2.21 bits per heavy atom. The Morgan fingerprint density at radius 1 is 1.17 bits per heavy atom. The third-order valence-electron chi connectivity index (χ3n) is 4.73. The van der Waals surface area contributed by atoms with E-state index in [-0.39, 0.29) is 10.9 Å². The average molecular weight is 430 g/mol. The molecule has 9 heteroatoms. The van der Waals surface area contributed by atoms with E-state index in [1.165, 1.54) is 7.05 Å². The van der Waals surface area contributed by atoms with Crippen LogP contribution in [-0.2, 0) is 23.8 Å². The van der Waals surface area contributed by atoms with E-state index in [1.54, 1.807) is 46.8 Å². The van der Waals surface area contributed by atoms with Gasteiger partial charge in [-0.1, -0.05) is 4.40 Å². The second-order valence-corrected chi connectivity index (χ2v) is 10.6. The fourth-order valence-corrected chi connectivity index (χ4v) is 3.41. The molecule has 1 unspecified atom stereocenters. The van der Waals surface area contributed by atoms with Gasteiger partial charge in [0.2, 0.25) is 0 Å². The molecule has 0 spiro atoms. The number of nitrogens with zero attached hydrogens (tertiary/aromatic N) is 3. The summed E-state index contributed by atoms with van der Waals surface area (Å²) in [5, 5.41) is 0.195. The molecule has 2 rings (SSSR count). The zero-order valence-electron chi connectivity index (χ0n) is 17.9. The zero-order valence-corrected chi connectivity index (χ0v) is 18.7. The predicted molar refractivity (Wildman–Crippen MR) is 111 cm³/mol. The lowest BCUT2D eigenvalue weighted by Crippen LogP contribution is -2.42. The SMILES string of the molecule is CC(=N[S+]([O-])C(C)(C)C)c1cc(C)cc2c(=O)n(C)c(C(C)(C)C(F)(F)F)nc12. The first-order valence-corrected chi connectivity index (χ1v) is 10.2. The van der Waals surface area contributed by atoms with Crippen LogP contribution in [0.15, 0.2) is 21.3 Å². The third-order valence-corrected chi connectivity index (χ3v) is 6.21. The van der Waals surface area contributed by atoms with Crippen LogP contribution in [0.5, 0.6) is 0 Å². The van der Waals surface area contributed by atoms with E-state index in [0.717, 1.165) is 24.0 Å². The smallest absolute Gasteiger partial charge is 0.400 e. The largest absolute Gasteiger partial charge is 0.591 e. The molecule has 1 atom stereocenters. The first kappa shape index (κ1) is 23.4. The summed E-state index contributed by atoms with van der Waals surface area (Å²) in [6, 6.07) is 3.28. The Hall–Kier alpha value is -1.87. The van der Waals surface area contributed by atoms with Crippen LogP contribution in [0.4, 0.5) is 13.2 Å². The molecule has 1 aromatic heterocycles. The molecule has 0 saturated heterocycles. The van der Waals surface area contributed by atoms with Gasteiger partial charge >= 0.3 is 6.18 Å². The third kappa shape index (κ3) is 4.35. The molecule has 0 bridgehead atoms. The standard InChI is InChI=1S/C20H26F3N3O2S/c1-11-9-13(12(2)25-29(28)18(3,4)5)15-14(10-11)16(27)26(8)17(24-15)19(6,7)20(21,22)23/h9-10H,1-8H3. The Morgan fingerprint density at radius 2 is 1.72 bits per heavy atom. The van der Waals surface area contributed by atoms with Crippen LogP contribution < -0.4 is 5.56 Å². The molecule has 0 aliphatic carbocycles. The zero-order chi connectivity index (χ0) is 22.5. The highest BCUT2D eigenvalue weighted by Crippen LogP contribution is 2.39. The van der Waals surface area contributed by atoms with Gasteiger partial charge in [-0.3, -0.25) is 9.36 Å². The summed E-state index contributed by atoms with van der Waals surface area (Å²) in [5.41, 5.74) is -1.31. The van der Waals surface area contributed by atoms with Crippen molar-refractivity contribution in [3.8, 4) is 0 Å². The number of fused-ring (bicyclic) bond motifs is 1. The Balaban J connectivity index is 2.90. The summed E-state index contributed by atoms with van der Waals surface area (Å²) in [7, 11) is 1.29. The van der Waals surface area contributed by atoms with E-state index < -0.39 is 39.1 Å². The van der Waals surface area contributed by atoms with E-state index in [1.807, 2.05) is 0 Å². The molecule has 0 fully saturated rings. The molecule has 29 heavy (non-hydrogen) atoms. The van der Waals surface area contributed by atoms with Gasteiger partial charge in [0.05, 0.1) is 16.6 Å². The van der Waals surface area contributed by atoms with Gasteiger partial charge in [-0.25, -0.2) is 4.98 Å². The number of halogens is 3. The number of rotatable bonds is 3. The molecule has 0 N–H and O–H groups in total. The lowest BCUT2D eigenvalue weighted by molar-refractivity contribution is -0.183. The van der Waals surface area contributed by atoms with E-state index in [2.05, 4.69) is 9.38 Å². The van der Waals surface area contributed by atoms with Crippen molar-refractivity contribution in [1.82, 2.24) is 9.55 Å². The molecule has 0 aliphatic rings. The van der Waals surface area contributed by atoms with E-state index in [0.29, 0.717) is 11.3 Å². The summed E-state index contributed by atoms with van der Waals surface area (Å²) in [6.07, 6.45) is -4.60. The van der Waals surface area contributed by atoms with Crippen molar-refractivity contribution in [2.24, 2.45) is 11.4 Å². The fraction of sp³-hybridized carbons (Fsp3) is 0.550. The maximum Gasteiger partial charge on any atom is 0.400 e. The second kappa shape index (κ2) is 7.43. The number of hydrogen-bond donors (Lipinski definition) is 0. The number of aromatic nitrogens is 2. The van der Waals surface area contributed by atoms with E-state index in [4.69, 9.17) is 0 Å². The minimum atomic E-state index is -4.60. The van der Waals surface area contributed by atoms with Crippen LogP contribution in [0.3, 0.4) is 0 Å². The second-order valence-electron chi connectivity index (χ2n) is 8.67. The normalized spacial score (nSPS) is 15.1. The number of aryl methyl sites for hydroxylation is 1. The first-order chi connectivity index (χ1) is 13.0. The summed E-state index contributed by atoms with van der Waals surface area (Å²) < 4.78 is 57.9. The molecule has 0 aliphatic heterocycles. The van der Waals surface area contributed by atoms with Gasteiger partial charge in [0.15, 0.2) is 0 Å². The predicted octanol–water partition coefficient (Wildman–Crippen LogP) is 4.35. The van der Waals surface area contributed by atoms with Crippen molar-refractivity contribution in [3.63, 3.8) is 0 Å². The van der Waals surface area contributed by atoms with Gasteiger partial charge in [0.25, 0.3) is 5.56 Å². The molecule has 1 heterocycles. The van der Waals surface area contributed by atoms with Crippen molar-refractivity contribution in [2.45, 2.75) is 64.8 Å². The molecule has 0 saturated carbocycles. The Bertz CT molecular complexity index is 1030. The van der Waals surface area contributed by atoms with Gasteiger partial charge in [-0.15, -0.1) is 0 Å². The number of hydrogen-bond acceptors (Lipinski definition) is 4. The summed E-state index contributed by atoms with van der Waals surface area (Å²) in [4.78, 5) is 17.2. The molecular weight excluding hydrogens is 403 g/mol. The molecular formula is C20H26F3N3O2S. The van der Waals surface area contributed by atoms with Crippen LogP contribution in [0.25, 0.3) is 10.9 Å². The lowest BCUT2D eigenvalue weighted by atomic mass is 9.90. The molecule has 0 radical (unpaired) electrons. The summed E-state index contributed by atoms with van der Waals surface area (Å²) in [5.74, 6) is -0.391. The van der Waals surface area contributed by atoms with Crippen LogP contribution in [0.1, 0.15) is 58.5 Å². The lowest BCUT2D eigenvalue weighted by Gasteiger charge is -2.29. The van der Waals surface area contributed by atoms with Crippen molar-refractivity contribution in [1.29, 1.82) is 0 Å². The van der Waals surface area contributed by atoms with Gasteiger partial charge in [0, 0.05) is 12.6 Å². The van der Waals surface area contributed by atoms with Gasteiger partial charge in [-0.2, -0.15) is 13.2 Å². The van der Waals surface area contributed by atoms with Crippen molar-refractivity contribution in [2.75, 3.05) is 0 Å². The molecule has 2 aromatic rings. The average Bonchev–Trinajstić information content (AvgIpc) is 2.55. The number of benzene rings is 1.